The first-order chi connectivity index (χ1) is 12.8. The lowest BCUT2D eigenvalue weighted by atomic mass is 9.83. The van der Waals surface area contributed by atoms with Crippen molar-refractivity contribution in [2.24, 2.45) is 0 Å². The number of hydrogen-bond donors (Lipinski definition) is 2. The number of aromatic amines is 1. The first-order valence-electron chi connectivity index (χ1n) is 8.61. The minimum absolute atomic E-state index is 0.0733. The quantitative estimate of drug-likeness (QED) is 0.672. The number of nitrogens with one attached hydrogen (secondary N) is 2. The van der Waals surface area contributed by atoms with Crippen molar-refractivity contribution in [2.45, 2.75) is 49.7 Å². The fraction of sp³-hybridized carbons (Fsp3) is 0.562. The number of alkyl halides is 5. The Morgan fingerprint density at radius 1 is 1.15 bits per heavy atom. The fourth-order valence-electron chi connectivity index (χ4n) is 3.64. The van der Waals surface area contributed by atoms with Crippen LogP contribution < -0.4 is 5.32 Å². The molecule has 1 saturated carbocycles. The molecule has 1 aliphatic rings. The van der Waals surface area contributed by atoms with Crippen molar-refractivity contribution in [3.05, 3.63) is 24.3 Å². The smallest absolute Gasteiger partial charge is 0.346 e. The highest BCUT2D eigenvalue weighted by atomic mass is 19.4. The number of H-pyrrole nitrogens is 1. The van der Waals surface area contributed by atoms with Crippen molar-refractivity contribution in [1.82, 2.24) is 30.1 Å². The maximum Gasteiger partial charge on any atom is 0.454 e. The highest BCUT2D eigenvalue weighted by Crippen LogP contribution is 2.37. The molecule has 0 saturated heterocycles. The molecule has 11 heteroatoms. The lowest BCUT2D eigenvalue weighted by molar-refractivity contribution is -0.279. The Morgan fingerprint density at radius 3 is 2.59 bits per heavy atom. The molecule has 3 aromatic heterocycles. The predicted octanol–water partition coefficient (Wildman–Crippen LogP) is 3.42. The van der Waals surface area contributed by atoms with Crippen LogP contribution in [0.15, 0.2) is 18.6 Å². The second-order valence-electron chi connectivity index (χ2n) is 6.88. The van der Waals surface area contributed by atoms with Crippen LogP contribution >= 0.6 is 0 Å². The average molecular weight is 388 g/mol. The van der Waals surface area contributed by atoms with Gasteiger partial charge in [0.05, 0.1) is 12.2 Å². The highest BCUT2D eigenvalue weighted by molar-refractivity contribution is 5.92. The third-order valence-corrected chi connectivity index (χ3v) is 5.14. The lowest BCUT2D eigenvalue weighted by Gasteiger charge is -2.30. The van der Waals surface area contributed by atoms with Crippen molar-refractivity contribution >= 4 is 16.6 Å². The van der Waals surface area contributed by atoms with E-state index in [4.69, 9.17) is 0 Å². The summed E-state index contributed by atoms with van der Waals surface area (Å²) in [6.07, 6.45) is 0.0784. The van der Waals surface area contributed by atoms with E-state index in [9.17, 15) is 22.0 Å². The summed E-state index contributed by atoms with van der Waals surface area (Å²) in [5.41, 5.74) is 2.37. The molecule has 4 rings (SSSR count). The molecule has 146 valence electrons. The molecule has 0 amide bonds. The Kier molecular flexibility index (Phi) is 4.28. The van der Waals surface area contributed by atoms with Gasteiger partial charge in [0.25, 0.3) is 0 Å². The minimum Gasteiger partial charge on any atom is -0.346 e. The van der Waals surface area contributed by atoms with E-state index in [1.807, 2.05) is 6.07 Å². The van der Waals surface area contributed by atoms with Crippen LogP contribution in [0.3, 0.4) is 0 Å². The number of nitrogens with zero attached hydrogens (tertiary/aromatic N) is 4. The molecular weight excluding hydrogens is 371 g/mol. The van der Waals surface area contributed by atoms with Gasteiger partial charge in [0.1, 0.15) is 17.5 Å². The van der Waals surface area contributed by atoms with E-state index in [0.717, 1.165) is 22.2 Å². The van der Waals surface area contributed by atoms with Gasteiger partial charge in [-0.15, -0.1) is 5.10 Å². The zero-order chi connectivity index (χ0) is 19.2. The summed E-state index contributed by atoms with van der Waals surface area (Å²) in [6.45, 7) is -1.39. The lowest BCUT2D eigenvalue weighted by Crippen LogP contribution is -2.48. The van der Waals surface area contributed by atoms with Gasteiger partial charge in [-0.3, -0.25) is 0 Å². The summed E-state index contributed by atoms with van der Waals surface area (Å²) >= 11 is 0. The first kappa shape index (κ1) is 18.1. The van der Waals surface area contributed by atoms with E-state index in [2.05, 4.69) is 25.6 Å². The van der Waals surface area contributed by atoms with Crippen LogP contribution in [0, 0.1) is 0 Å². The van der Waals surface area contributed by atoms with Crippen LogP contribution in [0.25, 0.3) is 16.6 Å². The van der Waals surface area contributed by atoms with Crippen molar-refractivity contribution in [3.63, 3.8) is 0 Å². The van der Waals surface area contributed by atoms with Gasteiger partial charge < -0.3 is 10.3 Å². The molecule has 0 spiro atoms. The molecule has 1 fully saturated rings. The number of hydrogen-bond acceptors (Lipinski definition) is 4. The van der Waals surface area contributed by atoms with Gasteiger partial charge in [-0.25, -0.2) is 9.50 Å². The van der Waals surface area contributed by atoms with Crippen LogP contribution in [0.5, 0.6) is 0 Å². The van der Waals surface area contributed by atoms with E-state index >= 15 is 0 Å². The molecule has 6 nitrogen and oxygen atoms in total. The zero-order valence-corrected chi connectivity index (χ0v) is 14.1. The summed E-state index contributed by atoms with van der Waals surface area (Å²) in [6, 6.07) is 1.52. The zero-order valence-electron chi connectivity index (χ0n) is 14.1. The maximum atomic E-state index is 13.1. The van der Waals surface area contributed by atoms with Crippen molar-refractivity contribution < 1.29 is 22.0 Å². The predicted molar refractivity (Wildman–Crippen MR) is 86.6 cm³/mol. The monoisotopic (exact) mass is 388 g/mol. The average Bonchev–Trinajstić information content (AvgIpc) is 3.25. The SMILES string of the molecule is FC(F)(F)C(F)(F)CNC1CCC(c2nnn3cnc4[nH]ccc4c23)CC1. The van der Waals surface area contributed by atoms with E-state index in [1.54, 1.807) is 17.0 Å². The normalized spacial score (nSPS) is 22.0. The van der Waals surface area contributed by atoms with E-state index in [1.165, 1.54) is 0 Å². The Bertz CT molecular complexity index is 938. The molecule has 0 aliphatic heterocycles. The number of halogens is 5. The van der Waals surface area contributed by atoms with Gasteiger partial charge in [-0.2, -0.15) is 22.0 Å². The van der Waals surface area contributed by atoms with E-state index in [0.29, 0.717) is 25.7 Å². The summed E-state index contributed by atoms with van der Waals surface area (Å²) in [4.78, 5) is 7.27. The topological polar surface area (TPSA) is 70.9 Å². The summed E-state index contributed by atoms with van der Waals surface area (Å²) in [5.74, 6) is -4.65. The molecule has 3 heterocycles. The second-order valence-corrected chi connectivity index (χ2v) is 6.88. The molecular formula is C16H17F5N6. The minimum atomic E-state index is -5.53. The van der Waals surface area contributed by atoms with Gasteiger partial charge in [-0.1, -0.05) is 5.21 Å². The Hall–Kier alpha value is -2.30. The molecule has 0 atom stereocenters. The van der Waals surface area contributed by atoms with Gasteiger partial charge in [0.2, 0.25) is 0 Å². The Balaban J connectivity index is 1.44. The van der Waals surface area contributed by atoms with Crippen LogP contribution in [0.4, 0.5) is 22.0 Å². The summed E-state index contributed by atoms with van der Waals surface area (Å²) in [7, 11) is 0. The van der Waals surface area contributed by atoms with Gasteiger partial charge >= 0.3 is 12.1 Å². The Morgan fingerprint density at radius 2 is 1.89 bits per heavy atom. The third-order valence-electron chi connectivity index (χ3n) is 5.14. The molecule has 2 N–H and O–H groups in total. The van der Waals surface area contributed by atoms with Crippen LogP contribution in [-0.2, 0) is 0 Å². The molecule has 0 aromatic carbocycles. The Labute approximate surface area is 150 Å². The first-order valence-corrected chi connectivity index (χ1v) is 8.61. The molecule has 3 aromatic rings. The second kappa shape index (κ2) is 6.39. The maximum absolute atomic E-state index is 13.1. The largest absolute Gasteiger partial charge is 0.454 e. The molecule has 1 aliphatic carbocycles. The van der Waals surface area contributed by atoms with Crippen molar-refractivity contribution in [3.8, 4) is 0 Å². The highest BCUT2D eigenvalue weighted by Gasteiger charge is 2.57. The number of fused-ring (bicyclic) bond motifs is 3. The van der Waals surface area contributed by atoms with Crippen LogP contribution in [0.2, 0.25) is 0 Å². The van der Waals surface area contributed by atoms with Crippen LogP contribution in [-0.4, -0.2) is 49.5 Å². The van der Waals surface area contributed by atoms with E-state index in [-0.39, 0.29) is 12.0 Å². The molecule has 0 bridgehead atoms. The van der Waals surface area contributed by atoms with Crippen molar-refractivity contribution in [2.75, 3.05) is 6.54 Å². The number of aromatic nitrogens is 5. The van der Waals surface area contributed by atoms with E-state index < -0.39 is 18.6 Å². The molecule has 0 radical (unpaired) electrons. The van der Waals surface area contributed by atoms with Gasteiger partial charge in [-0.05, 0) is 31.7 Å². The third kappa shape index (κ3) is 3.24. The van der Waals surface area contributed by atoms with Gasteiger partial charge in [0, 0.05) is 23.5 Å². The molecule has 0 unspecified atom stereocenters. The van der Waals surface area contributed by atoms with Crippen LogP contribution in [0.1, 0.15) is 37.3 Å². The molecule has 27 heavy (non-hydrogen) atoms. The fourth-order valence-corrected chi connectivity index (χ4v) is 3.64. The number of rotatable bonds is 4. The standard InChI is InChI=1S/C16H17F5N6/c17-15(18,16(19,20)21)7-23-10-3-1-9(2-4-10)12-13-11-5-6-22-14(11)24-8-27(13)26-25-12/h5-6,8-10,22-23H,1-4,7H2. The van der Waals surface area contributed by atoms with Gasteiger partial charge in [0.15, 0.2) is 0 Å². The van der Waals surface area contributed by atoms with Crippen molar-refractivity contribution in [1.29, 1.82) is 0 Å². The summed E-state index contributed by atoms with van der Waals surface area (Å²) in [5, 5.41) is 11.6. The summed E-state index contributed by atoms with van der Waals surface area (Å²) < 4.78 is 64.5.